The van der Waals surface area contributed by atoms with Crippen molar-refractivity contribution in [2.24, 2.45) is 0 Å². The van der Waals surface area contributed by atoms with Crippen molar-refractivity contribution < 1.29 is 14.6 Å². The Balaban J connectivity index is 4.18. The lowest BCUT2D eigenvalue weighted by atomic mass is 10.2. The van der Waals surface area contributed by atoms with Crippen LogP contribution in [-0.2, 0) is 9.53 Å². The number of rotatable bonds is 9. The van der Waals surface area contributed by atoms with Crippen molar-refractivity contribution in [1.82, 2.24) is 10.2 Å². The van der Waals surface area contributed by atoms with Crippen molar-refractivity contribution in [2.75, 3.05) is 33.4 Å². The number of ether oxygens (including phenoxy) is 1. The first-order valence-electron chi connectivity index (χ1n) is 6.17. The molecule has 0 fully saturated rings. The number of carbonyl (C=O) groups excluding carboxylic acids is 1. The fourth-order valence-electron chi connectivity index (χ4n) is 1.73. The van der Waals surface area contributed by atoms with Crippen molar-refractivity contribution in [1.29, 1.82) is 0 Å². The lowest BCUT2D eigenvalue weighted by Gasteiger charge is -2.31. The molecule has 0 aromatic carbocycles. The number of amides is 1. The number of hydrogen-bond acceptors (Lipinski definition) is 4. The Morgan fingerprint density at radius 2 is 2.06 bits per heavy atom. The number of aliphatic hydroxyl groups is 1. The summed E-state index contributed by atoms with van der Waals surface area (Å²) in [6.07, 6.45) is 0.688. The van der Waals surface area contributed by atoms with E-state index >= 15 is 0 Å². The van der Waals surface area contributed by atoms with E-state index in [2.05, 4.69) is 24.1 Å². The molecule has 0 aliphatic rings. The smallest absolute Gasteiger partial charge is 0.237 e. The van der Waals surface area contributed by atoms with E-state index in [1.54, 1.807) is 7.11 Å². The summed E-state index contributed by atoms with van der Waals surface area (Å²) < 4.78 is 4.88. The predicted octanol–water partition coefficient (Wildman–Crippen LogP) is 0.230. The molecule has 2 N–H and O–H groups in total. The van der Waals surface area contributed by atoms with Crippen LogP contribution in [0.15, 0.2) is 0 Å². The molecule has 0 aromatic rings. The molecule has 0 aromatic heterocycles. The maximum Gasteiger partial charge on any atom is 0.237 e. The van der Waals surface area contributed by atoms with Crippen molar-refractivity contribution in [2.45, 2.75) is 39.3 Å². The molecule has 0 heterocycles. The molecule has 1 amide bonds. The minimum Gasteiger partial charge on any atom is -0.396 e. The van der Waals surface area contributed by atoms with E-state index in [-0.39, 0.29) is 24.6 Å². The Morgan fingerprint density at radius 1 is 1.41 bits per heavy atom. The average Bonchev–Trinajstić information content (AvgIpc) is 2.29. The Morgan fingerprint density at radius 3 is 2.53 bits per heavy atom. The van der Waals surface area contributed by atoms with Gasteiger partial charge in [0.1, 0.15) is 0 Å². The van der Waals surface area contributed by atoms with Crippen LogP contribution in [0.4, 0.5) is 0 Å². The number of hydrogen-bond donors (Lipinski definition) is 2. The van der Waals surface area contributed by atoms with Crippen LogP contribution in [0.3, 0.4) is 0 Å². The molecule has 5 heteroatoms. The SMILES string of the molecule is COCCNC(=O)C(C)N(CCCO)C(C)C. The van der Waals surface area contributed by atoms with E-state index in [1.807, 2.05) is 6.92 Å². The highest BCUT2D eigenvalue weighted by molar-refractivity contribution is 5.81. The molecule has 1 atom stereocenters. The molecule has 0 saturated carbocycles. The van der Waals surface area contributed by atoms with E-state index in [4.69, 9.17) is 9.84 Å². The van der Waals surface area contributed by atoms with Gasteiger partial charge in [-0.1, -0.05) is 0 Å². The van der Waals surface area contributed by atoms with Gasteiger partial charge in [0.15, 0.2) is 0 Å². The lowest BCUT2D eigenvalue weighted by molar-refractivity contribution is -0.126. The second-order valence-electron chi connectivity index (χ2n) is 4.37. The summed E-state index contributed by atoms with van der Waals surface area (Å²) in [5, 5.41) is 11.7. The average molecular weight is 246 g/mol. The Bertz CT molecular complexity index is 210. The molecule has 0 aliphatic heterocycles. The van der Waals surface area contributed by atoms with Gasteiger partial charge in [0.2, 0.25) is 5.91 Å². The summed E-state index contributed by atoms with van der Waals surface area (Å²) in [6.45, 7) is 7.93. The number of methoxy groups -OCH3 is 1. The third kappa shape index (κ3) is 6.61. The van der Waals surface area contributed by atoms with E-state index in [9.17, 15) is 4.79 Å². The summed E-state index contributed by atoms with van der Waals surface area (Å²) in [5.74, 6) is 0.00805. The highest BCUT2D eigenvalue weighted by Gasteiger charge is 2.22. The molecule has 0 aliphatic carbocycles. The van der Waals surface area contributed by atoms with Gasteiger partial charge < -0.3 is 15.2 Å². The third-order valence-corrected chi connectivity index (χ3v) is 2.72. The summed E-state index contributed by atoms with van der Waals surface area (Å²) in [7, 11) is 1.61. The van der Waals surface area contributed by atoms with Crippen LogP contribution in [0.25, 0.3) is 0 Å². The molecule has 5 nitrogen and oxygen atoms in total. The first-order valence-corrected chi connectivity index (χ1v) is 6.17. The third-order valence-electron chi connectivity index (χ3n) is 2.72. The van der Waals surface area contributed by atoms with Crippen molar-refractivity contribution in [3.63, 3.8) is 0 Å². The molecule has 0 spiro atoms. The summed E-state index contributed by atoms with van der Waals surface area (Å²) in [4.78, 5) is 13.9. The molecule has 17 heavy (non-hydrogen) atoms. The molecule has 102 valence electrons. The normalized spacial score (nSPS) is 13.1. The van der Waals surface area contributed by atoms with E-state index in [0.717, 1.165) is 6.54 Å². The standard InChI is InChI=1S/C12H26N2O3/c1-10(2)14(7-5-8-15)11(3)12(16)13-6-9-17-4/h10-11,15H,5-9H2,1-4H3,(H,13,16). The Kier molecular flexibility index (Phi) is 9.03. The predicted molar refractivity (Wildman–Crippen MR) is 67.9 cm³/mol. The van der Waals surface area contributed by atoms with Crippen LogP contribution in [-0.4, -0.2) is 61.4 Å². The zero-order chi connectivity index (χ0) is 13.3. The van der Waals surface area contributed by atoms with Gasteiger partial charge in [0.05, 0.1) is 12.6 Å². The molecular formula is C12H26N2O3. The van der Waals surface area contributed by atoms with Crippen molar-refractivity contribution in [3.05, 3.63) is 0 Å². The monoisotopic (exact) mass is 246 g/mol. The van der Waals surface area contributed by atoms with Gasteiger partial charge in [-0.15, -0.1) is 0 Å². The highest BCUT2D eigenvalue weighted by atomic mass is 16.5. The van der Waals surface area contributed by atoms with Crippen LogP contribution in [0.2, 0.25) is 0 Å². The Labute approximate surface area is 104 Å². The number of nitrogens with one attached hydrogen (secondary N) is 1. The van der Waals surface area contributed by atoms with Gasteiger partial charge in [0.25, 0.3) is 0 Å². The first-order chi connectivity index (χ1) is 8.04. The summed E-state index contributed by atoms with van der Waals surface area (Å²) in [6, 6.07) is 0.100. The van der Waals surface area contributed by atoms with Gasteiger partial charge in [-0.3, -0.25) is 9.69 Å². The van der Waals surface area contributed by atoms with Gasteiger partial charge >= 0.3 is 0 Å². The topological polar surface area (TPSA) is 61.8 Å². The van der Waals surface area contributed by atoms with Crippen LogP contribution >= 0.6 is 0 Å². The second-order valence-corrected chi connectivity index (χ2v) is 4.37. The van der Waals surface area contributed by atoms with Crippen LogP contribution in [0.1, 0.15) is 27.2 Å². The zero-order valence-corrected chi connectivity index (χ0v) is 11.4. The maximum absolute atomic E-state index is 11.9. The number of aliphatic hydroxyl groups excluding tert-OH is 1. The van der Waals surface area contributed by atoms with Crippen LogP contribution in [0.5, 0.6) is 0 Å². The lowest BCUT2D eigenvalue weighted by Crippen LogP contribution is -2.49. The molecule has 0 bridgehead atoms. The number of carbonyl (C=O) groups is 1. The fraction of sp³-hybridized carbons (Fsp3) is 0.917. The minimum atomic E-state index is -0.182. The fourth-order valence-corrected chi connectivity index (χ4v) is 1.73. The minimum absolute atomic E-state index is 0.00805. The summed E-state index contributed by atoms with van der Waals surface area (Å²) >= 11 is 0. The summed E-state index contributed by atoms with van der Waals surface area (Å²) in [5.41, 5.74) is 0. The quantitative estimate of drug-likeness (QED) is 0.572. The van der Waals surface area contributed by atoms with Crippen molar-refractivity contribution >= 4 is 5.91 Å². The molecular weight excluding hydrogens is 220 g/mol. The first kappa shape index (κ1) is 16.4. The second kappa shape index (κ2) is 9.39. The van der Waals surface area contributed by atoms with Gasteiger partial charge in [0, 0.05) is 32.8 Å². The van der Waals surface area contributed by atoms with Gasteiger partial charge in [-0.05, 0) is 27.2 Å². The van der Waals surface area contributed by atoms with Gasteiger partial charge in [-0.25, -0.2) is 0 Å². The van der Waals surface area contributed by atoms with Crippen LogP contribution in [0, 0.1) is 0 Å². The van der Waals surface area contributed by atoms with E-state index in [0.29, 0.717) is 19.6 Å². The van der Waals surface area contributed by atoms with E-state index in [1.165, 1.54) is 0 Å². The zero-order valence-electron chi connectivity index (χ0n) is 11.4. The van der Waals surface area contributed by atoms with Gasteiger partial charge in [-0.2, -0.15) is 0 Å². The maximum atomic E-state index is 11.9. The Hall–Kier alpha value is -0.650. The van der Waals surface area contributed by atoms with Crippen molar-refractivity contribution in [3.8, 4) is 0 Å². The molecule has 0 radical (unpaired) electrons. The molecule has 1 unspecified atom stereocenters. The van der Waals surface area contributed by atoms with E-state index < -0.39 is 0 Å². The molecule has 0 rings (SSSR count). The highest BCUT2D eigenvalue weighted by Crippen LogP contribution is 2.06. The van der Waals surface area contributed by atoms with Crippen LogP contribution < -0.4 is 5.32 Å². The largest absolute Gasteiger partial charge is 0.396 e. The molecule has 0 saturated heterocycles. The number of nitrogens with zero attached hydrogens (tertiary/aromatic N) is 1.